The molecule has 3 rings (SSSR count). The molecule has 2 aromatic rings. The third-order valence-electron chi connectivity index (χ3n) is 4.34. The summed E-state index contributed by atoms with van der Waals surface area (Å²) in [4.78, 5) is 26.8. The topological polar surface area (TPSA) is 66.8 Å². The lowest BCUT2D eigenvalue weighted by atomic mass is 9.78. The lowest BCUT2D eigenvalue weighted by Crippen LogP contribution is -2.67. The normalized spacial score (nSPS) is 21.1. The highest BCUT2D eigenvalue weighted by Gasteiger charge is 2.54. The van der Waals surface area contributed by atoms with Crippen LogP contribution in [0.2, 0.25) is 0 Å². The largest absolute Gasteiger partial charge is 0.497 e. The fraction of sp³-hybridized carbons (Fsp3) is 0.263. The number of methoxy groups -OCH3 is 1. The molecule has 1 heterocycles. The second-order valence-electron chi connectivity index (χ2n) is 5.85. The lowest BCUT2D eigenvalue weighted by Gasteiger charge is -2.47. The maximum absolute atomic E-state index is 12.9. The van der Waals surface area contributed by atoms with Crippen molar-refractivity contribution < 1.29 is 19.4 Å². The molecule has 5 nitrogen and oxygen atoms in total. The molecule has 24 heavy (non-hydrogen) atoms. The summed E-state index contributed by atoms with van der Waals surface area (Å²) in [5, 5.41) is 9.94. The van der Waals surface area contributed by atoms with E-state index in [9.17, 15) is 14.7 Å². The highest BCUT2D eigenvalue weighted by atomic mass is 16.5. The number of ketones is 1. The Balaban J connectivity index is 1.95. The second kappa shape index (κ2) is 6.45. The lowest BCUT2D eigenvalue weighted by molar-refractivity contribution is -0.133. The van der Waals surface area contributed by atoms with E-state index in [0.29, 0.717) is 17.0 Å². The molecule has 0 spiro atoms. The summed E-state index contributed by atoms with van der Waals surface area (Å²) in [6.45, 7) is 1.54. The minimum atomic E-state index is -0.885. The Morgan fingerprint density at radius 2 is 1.75 bits per heavy atom. The highest BCUT2D eigenvalue weighted by Crippen LogP contribution is 2.37. The van der Waals surface area contributed by atoms with Crippen LogP contribution >= 0.6 is 0 Å². The zero-order chi connectivity index (χ0) is 17.3. The molecule has 0 aliphatic carbocycles. The van der Waals surface area contributed by atoms with E-state index in [1.54, 1.807) is 62.6 Å². The molecule has 0 saturated carbocycles. The summed E-state index contributed by atoms with van der Waals surface area (Å²) in [7, 11) is 1.56. The van der Waals surface area contributed by atoms with Crippen molar-refractivity contribution in [2.45, 2.75) is 19.1 Å². The second-order valence-corrected chi connectivity index (χ2v) is 5.85. The predicted molar refractivity (Wildman–Crippen MR) is 90.2 cm³/mol. The average molecular weight is 325 g/mol. The number of anilines is 1. The molecule has 3 atom stereocenters. The Morgan fingerprint density at radius 3 is 2.29 bits per heavy atom. The molecule has 1 N–H and O–H groups in total. The number of rotatable bonds is 5. The number of amides is 1. The van der Waals surface area contributed by atoms with E-state index in [4.69, 9.17) is 4.74 Å². The number of Topliss-reactive ketones (excluding diaryl/α,β-unsaturated/α-hetero) is 1. The van der Waals surface area contributed by atoms with Gasteiger partial charge in [-0.3, -0.25) is 9.59 Å². The summed E-state index contributed by atoms with van der Waals surface area (Å²) >= 11 is 0. The van der Waals surface area contributed by atoms with Crippen LogP contribution in [-0.4, -0.2) is 36.1 Å². The van der Waals surface area contributed by atoms with Gasteiger partial charge in [-0.05, 0) is 31.2 Å². The number of benzene rings is 2. The van der Waals surface area contributed by atoms with Gasteiger partial charge in [0.25, 0.3) is 0 Å². The van der Waals surface area contributed by atoms with Crippen molar-refractivity contribution in [3.8, 4) is 5.75 Å². The molecule has 0 radical (unpaired) electrons. The predicted octanol–water partition coefficient (Wildman–Crippen LogP) is 2.29. The van der Waals surface area contributed by atoms with Crippen LogP contribution in [0.3, 0.4) is 0 Å². The van der Waals surface area contributed by atoms with Crippen LogP contribution in [0, 0.1) is 5.92 Å². The molecule has 2 aromatic carbocycles. The Bertz CT molecular complexity index is 740. The highest BCUT2D eigenvalue weighted by molar-refractivity contribution is 6.17. The van der Waals surface area contributed by atoms with Gasteiger partial charge in [0.2, 0.25) is 5.91 Å². The molecule has 1 fully saturated rings. The van der Waals surface area contributed by atoms with Crippen molar-refractivity contribution in [2.24, 2.45) is 5.92 Å². The van der Waals surface area contributed by atoms with Gasteiger partial charge in [-0.2, -0.15) is 0 Å². The first kappa shape index (κ1) is 16.2. The van der Waals surface area contributed by atoms with Crippen molar-refractivity contribution in [3.63, 3.8) is 0 Å². The number of hydrogen-bond donors (Lipinski definition) is 1. The molecule has 5 heteroatoms. The van der Waals surface area contributed by atoms with Crippen LogP contribution < -0.4 is 9.64 Å². The quantitative estimate of drug-likeness (QED) is 0.676. The first-order valence-corrected chi connectivity index (χ1v) is 7.79. The van der Waals surface area contributed by atoms with Crippen molar-refractivity contribution in [1.82, 2.24) is 0 Å². The number of β-lactam (4-membered cyclic amide) rings is 1. The standard InChI is InChI=1S/C19H19NO4/c1-12(21)16-17(18(22)13-6-4-3-5-7-13)20(19(16)23)14-8-10-15(24-2)11-9-14/h3-12,16-17,21H,1-2H3/t12?,16-,17+/m1/s1. The van der Waals surface area contributed by atoms with Gasteiger partial charge >= 0.3 is 0 Å². The van der Waals surface area contributed by atoms with Gasteiger partial charge < -0.3 is 14.7 Å². The van der Waals surface area contributed by atoms with E-state index in [0.717, 1.165) is 0 Å². The fourth-order valence-corrected chi connectivity index (χ4v) is 3.07. The molecule has 1 aliphatic rings. The molecular formula is C19H19NO4. The summed E-state index contributed by atoms with van der Waals surface area (Å²) in [5.74, 6) is -0.467. The number of nitrogens with zero attached hydrogens (tertiary/aromatic N) is 1. The summed E-state index contributed by atoms with van der Waals surface area (Å²) in [6.07, 6.45) is -0.885. The van der Waals surface area contributed by atoms with E-state index in [2.05, 4.69) is 0 Å². The average Bonchev–Trinajstić information content (AvgIpc) is 2.60. The maximum atomic E-state index is 12.9. The van der Waals surface area contributed by atoms with Crippen molar-refractivity contribution in [3.05, 3.63) is 60.2 Å². The SMILES string of the molecule is COc1ccc(N2C(=O)[C@H](C(C)O)[C@H]2C(=O)c2ccccc2)cc1. The summed E-state index contributed by atoms with van der Waals surface area (Å²) < 4.78 is 5.12. The first-order chi connectivity index (χ1) is 11.5. The Morgan fingerprint density at radius 1 is 1.12 bits per heavy atom. The zero-order valence-electron chi connectivity index (χ0n) is 13.5. The monoisotopic (exact) mass is 325 g/mol. The number of carbonyl (C=O) groups is 2. The summed E-state index contributed by atoms with van der Waals surface area (Å²) in [5.41, 5.74) is 1.14. The Labute approximate surface area is 140 Å². The smallest absolute Gasteiger partial charge is 0.236 e. The maximum Gasteiger partial charge on any atom is 0.236 e. The van der Waals surface area contributed by atoms with Gasteiger partial charge in [0.05, 0.1) is 19.1 Å². The first-order valence-electron chi connectivity index (χ1n) is 7.79. The van der Waals surface area contributed by atoms with E-state index in [1.807, 2.05) is 6.07 Å². The molecule has 0 aromatic heterocycles. The van der Waals surface area contributed by atoms with Crippen LogP contribution in [-0.2, 0) is 4.79 Å². The molecule has 1 unspecified atom stereocenters. The van der Waals surface area contributed by atoms with E-state index < -0.39 is 18.1 Å². The summed E-state index contributed by atoms with van der Waals surface area (Å²) in [6, 6.07) is 15.1. The van der Waals surface area contributed by atoms with Gasteiger partial charge in [0.1, 0.15) is 11.8 Å². The number of aliphatic hydroxyl groups excluding tert-OH is 1. The zero-order valence-corrected chi connectivity index (χ0v) is 13.5. The molecule has 1 amide bonds. The Hall–Kier alpha value is -2.66. The van der Waals surface area contributed by atoms with Crippen LogP contribution in [0.25, 0.3) is 0 Å². The van der Waals surface area contributed by atoms with E-state index >= 15 is 0 Å². The molecular weight excluding hydrogens is 306 g/mol. The molecule has 0 bridgehead atoms. The minimum absolute atomic E-state index is 0.170. The number of carbonyl (C=O) groups excluding carboxylic acids is 2. The molecule has 1 saturated heterocycles. The molecule has 124 valence electrons. The number of hydrogen-bond acceptors (Lipinski definition) is 4. The third kappa shape index (κ3) is 2.67. The van der Waals surface area contributed by atoms with Gasteiger partial charge in [-0.25, -0.2) is 0 Å². The van der Waals surface area contributed by atoms with Crippen LogP contribution in [0.15, 0.2) is 54.6 Å². The van der Waals surface area contributed by atoms with Gasteiger partial charge in [-0.15, -0.1) is 0 Å². The third-order valence-corrected chi connectivity index (χ3v) is 4.34. The molecule has 1 aliphatic heterocycles. The van der Waals surface area contributed by atoms with Crippen molar-refractivity contribution >= 4 is 17.4 Å². The van der Waals surface area contributed by atoms with Crippen LogP contribution in [0.5, 0.6) is 5.75 Å². The Kier molecular flexibility index (Phi) is 4.36. The van der Waals surface area contributed by atoms with Gasteiger partial charge in [-0.1, -0.05) is 30.3 Å². The number of ether oxygens (including phenoxy) is 1. The van der Waals surface area contributed by atoms with E-state index in [1.165, 1.54) is 4.90 Å². The van der Waals surface area contributed by atoms with Gasteiger partial charge in [0.15, 0.2) is 5.78 Å². The van der Waals surface area contributed by atoms with Crippen LogP contribution in [0.4, 0.5) is 5.69 Å². The van der Waals surface area contributed by atoms with Crippen molar-refractivity contribution in [1.29, 1.82) is 0 Å². The minimum Gasteiger partial charge on any atom is -0.497 e. The van der Waals surface area contributed by atoms with E-state index in [-0.39, 0.29) is 11.7 Å². The van der Waals surface area contributed by atoms with Crippen molar-refractivity contribution in [2.75, 3.05) is 12.0 Å². The van der Waals surface area contributed by atoms with Crippen LogP contribution in [0.1, 0.15) is 17.3 Å². The van der Waals surface area contributed by atoms with Gasteiger partial charge in [0, 0.05) is 11.3 Å². The number of aliphatic hydroxyl groups is 1. The fourth-order valence-electron chi connectivity index (χ4n) is 3.07.